The normalized spacial score (nSPS) is 17.0. The molecule has 0 radical (unpaired) electrons. The molecule has 2 aromatic carbocycles. The van der Waals surface area contributed by atoms with Crippen molar-refractivity contribution in [2.75, 3.05) is 13.1 Å². The van der Waals surface area contributed by atoms with Crippen molar-refractivity contribution in [3.63, 3.8) is 0 Å². The van der Waals surface area contributed by atoms with E-state index in [1.807, 2.05) is 26.0 Å². The summed E-state index contributed by atoms with van der Waals surface area (Å²) in [5, 5.41) is 3.06. The monoisotopic (exact) mass is 364 g/mol. The van der Waals surface area contributed by atoms with Gasteiger partial charge in [-0.1, -0.05) is 60.7 Å². The summed E-state index contributed by atoms with van der Waals surface area (Å²) in [7, 11) is 0. The maximum absolute atomic E-state index is 12.5. The zero-order chi connectivity index (χ0) is 19.2. The number of nitrogens with one attached hydrogen (secondary N) is 1. The van der Waals surface area contributed by atoms with Crippen LogP contribution >= 0.6 is 0 Å². The molecule has 0 spiro atoms. The molecule has 2 amide bonds. The van der Waals surface area contributed by atoms with Crippen molar-refractivity contribution >= 4 is 11.8 Å². The summed E-state index contributed by atoms with van der Waals surface area (Å²) in [4.78, 5) is 26.3. The van der Waals surface area contributed by atoms with Gasteiger partial charge >= 0.3 is 0 Å². The zero-order valence-electron chi connectivity index (χ0n) is 16.1. The molecule has 1 fully saturated rings. The number of benzene rings is 2. The number of nitrogens with zero attached hydrogens (tertiary/aromatic N) is 1. The lowest BCUT2D eigenvalue weighted by molar-refractivity contribution is -0.129. The van der Waals surface area contributed by atoms with E-state index in [1.54, 1.807) is 4.90 Å². The van der Waals surface area contributed by atoms with Crippen LogP contribution < -0.4 is 5.32 Å². The number of hydrogen-bond acceptors (Lipinski definition) is 2. The van der Waals surface area contributed by atoms with Gasteiger partial charge in [0.1, 0.15) is 0 Å². The van der Waals surface area contributed by atoms with Gasteiger partial charge in [-0.3, -0.25) is 9.59 Å². The Morgan fingerprint density at radius 3 is 2.07 bits per heavy atom. The minimum Gasteiger partial charge on any atom is -0.356 e. The van der Waals surface area contributed by atoms with Gasteiger partial charge in [0, 0.05) is 31.5 Å². The van der Waals surface area contributed by atoms with Crippen molar-refractivity contribution in [1.29, 1.82) is 0 Å². The van der Waals surface area contributed by atoms with Crippen LogP contribution in [0.1, 0.15) is 43.7 Å². The molecule has 1 atom stereocenters. The van der Waals surface area contributed by atoms with Crippen molar-refractivity contribution in [2.24, 2.45) is 5.92 Å². The van der Waals surface area contributed by atoms with E-state index in [9.17, 15) is 9.59 Å². The number of amides is 2. The SMILES string of the molecule is CC(C)N1C[C@H](C(=O)NCCC(c2ccccc2)c2ccccc2)CC1=O. The number of likely N-dealkylation sites (tertiary alicyclic amines) is 1. The van der Waals surface area contributed by atoms with Crippen molar-refractivity contribution in [3.8, 4) is 0 Å². The van der Waals surface area contributed by atoms with Crippen LogP contribution in [0.3, 0.4) is 0 Å². The van der Waals surface area contributed by atoms with Crippen molar-refractivity contribution < 1.29 is 9.59 Å². The summed E-state index contributed by atoms with van der Waals surface area (Å²) < 4.78 is 0. The van der Waals surface area contributed by atoms with E-state index in [0.29, 0.717) is 19.5 Å². The molecule has 4 heteroatoms. The number of hydrogen-bond donors (Lipinski definition) is 1. The van der Waals surface area contributed by atoms with Crippen LogP contribution in [0.25, 0.3) is 0 Å². The minimum atomic E-state index is -0.230. The van der Waals surface area contributed by atoms with Crippen LogP contribution in [0.2, 0.25) is 0 Å². The average molecular weight is 364 g/mol. The third kappa shape index (κ3) is 4.76. The number of carbonyl (C=O) groups is 2. The van der Waals surface area contributed by atoms with Gasteiger partial charge in [0.25, 0.3) is 0 Å². The topological polar surface area (TPSA) is 49.4 Å². The fourth-order valence-corrected chi connectivity index (χ4v) is 3.79. The molecule has 0 unspecified atom stereocenters. The lowest BCUT2D eigenvalue weighted by Crippen LogP contribution is -2.36. The highest BCUT2D eigenvalue weighted by Crippen LogP contribution is 2.27. The van der Waals surface area contributed by atoms with Gasteiger partial charge in [-0.25, -0.2) is 0 Å². The minimum absolute atomic E-state index is 0.00799. The molecule has 3 rings (SSSR count). The van der Waals surface area contributed by atoms with Crippen LogP contribution in [0.15, 0.2) is 60.7 Å². The number of carbonyl (C=O) groups excluding carboxylic acids is 2. The molecule has 0 aromatic heterocycles. The first kappa shape index (κ1) is 19.2. The van der Waals surface area contributed by atoms with Gasteiger partial charge in [0.05, 0.1) is 5.92 Å². The number of rotatable bonds is 7. The molecule has 0 saturated carbocycles. The third-order valence-corrected chi connectivity index (χ3v) is 5.29. The van der Waals surface area contributed by atoms with Crippen LogP contribution in [0.4, 0.5) is 0 Å². The fourth-order valence-electron chi connectivity index (χ4n) is 3.79. The highest BCUT2D eigenvalue weighted by Gasteiger charge is 2.35. The molecule has 0 bridgehead atoms. The predicted molar refractivity (Wildman–Crippen MR) is 107 cm³/mol. The van der Waals surface area contributed by atoms with E-state index >= 15 is 0 Å². The molecule has 1 N–H and O–H groups in total. The Balaban J connectivity index is 1.60. The lowest BCUT2D eigenvalue weighted by atomic mass is 9.88. The Morgan fingerprint density at radius 1 is 1.04 bits per heavy atom. The summed E-state index contributed by atoms with van der Waals surface area (Å²) >= 11 is 0. The summed E-state index contributed by atoms with van der Waals surface area (Å²) in [6.45, 7) is 5.10. The van der Waals surface area contributed by atoms with Crippen LogP contribution in [0, 0.1) is 5.92 Å². The van der Waals surface area contributed by atoms with Crippen LogP contribution in [-0.4, -0.2) is 35.8 Å². The van der Waals surface area contributed by atoms with Crippen molar-refractivity contribution in [2.45, 2.75) is 38.6 Å². The van der Waals surface area contributed by atoms with E-state index in [4.69, 9.17) is 0 Å². The third-order valence-electron chi connectivity index (χ3n) is 5.29. The predicted octanol–water partition coefficient (Wildman–Crippen LogP) is 3.58. The van der Waals surface area contributed by atoms with Crippen LogP contribution in [-0.2, 0) is 9.59 Å². The van der Waals surface area contributed by atoms with E-state index in [1.165, 1.54) is 11.1 Å². The Kier molecular flexibility index (Phi) is 6.28. The average Bonchev–Trinajstić information content (AvgIpc) is 3.08. The summed E-state index contributed by atoms with van der Waals surface area (Å²) in [5.41, 5.74) is 2.50. The first-order valence-electron chi connectivity index (χ1n) is 9.73. The van der Waals surface area contributed by atoms with Gasteiger partial charge in [-0.2, -0.15) is 0 Å². The molecule has 1 saturated heterocycles. The Labute approximate surface area is 161 Å². The molecule has 2 aromatic rings. The summed E-state index contributed by atoms with van der Waals surface area (Å²) in [5.74, 6) is 0.0832. The van der Waals surface area contributed by atoms with E-state index in [-0.39, 0.29) is 29.7 Å². The highest BCUT2D eigenvalue weighted by molar-refractivity contribution is 5.89. The molecule has 0 aliphatic carbocycles. The molecular formula is C23H28N2O2. The van der Waals surface area contributed by atoms with E-state index in [0.717, 1.165) is 6.42 Å². The van der Waals surface area contributed by atoms with Crippen molar-refractivity contribution in [1.82, 2.24) is 10.2 Å². The Hall–Kier alpha value is -2.62. The quantitative estimate of drug-likeness (QED) is 0.816. The van der Waals surface area contributed by atoms with Crippen molar-refractivity contribution in [3.05, 3.63) is 71.8 Å². The molecular weight excluding hydrogens is 336 g/mol. The summed E-state index contributed by atoms with van der Waals surface area (Å²) in [6, 6.07) is 20.9. The first-order chi connectivity index (χ1) is 13.1. The molecule has 142 valence electrons. The highest BCUT2D eigenvalue weighted by atomic mass is 16.2. The second kappa shape index (κ2) is 8.85. The van der Waals surface area contributed by atoms with Crippen LogP contribution in [0.5, 0.6) is 0 Å². The first-order valence-corrected chi connectivity index (χ1v) is 9.73. The van der Waals surface area contributed by atoms with Gasteiger partial charge in [0.15, 0.2) is 0 Å². The second-order valence-electron chi connectivity index (χ2n) is 7.49. The molecule has 1 aliphatic rings. The summed E-state index contributed by atoms with van der Waals surface area (Å²) in [6.07, 6.45) is 1.15. The van der Waals surface area contributed by atoms with Gasteiger partial charge in [-0.15, -0.1) is 0 Å². The van der Waals surface area contributed by atoms with Gasteiger partial charge < -0.3 is 10.2 Å². The Morgan fingerprint density at radius 2 is 1.59 bits per heavy atom. The van der Waals surface area contributed by atoms with Gasteiger partial charge in [0.2, 0.25) is 11.8 Å². The van der Waals surface area contributed by atoms with E-state index in [2.05, 4.69) is 53.8 Å². The fraction of sp³-hybridized carbons (Fsp3) is 0.391. The molecule has 1 heterocycles. The van der Waals surface area contributed by atoms with Gasteiger partial charge in [-0.05, 0) is 31.4 Å². The maximum atomic E-state index is 12.5. The van der Waals surface area contributed by atoms with E-state index < -0.39 is 0 Å². The zero-order valence-corrected chi connectivity index (χ0v) is 16.1. The smallest absolute Gasteiger partial charge is 0.225 e. The molecule has 27 heavy (non-hydrogen) atoms. The molecule has 4 nitrogen and oxygen atoms in total. The lowest BCUT2D eigenvalue weighted by Gasteiger charge is -2.21. The standard InChI is InChI=1S/C23H28N2O2/c1-17(2)25-16-20(15-22(25)26)23(27)24-14-13-21(18-9-5-3-6-10-18)19-11-7-4-8-12-19/h3-12,17,20-21H,13-16H2,1-2H3,(H,24,27)/t20-/m1/s1. The maximum Gasteiger partial charge on any atom is 0.225 e. The Bertz CT molecular complexity index is 719. The second-order valence-corrected chi connectivity index (χ2v) is 7.49. The largest absolute Gasteiger partial charge is 0.356 e. The molecule has 1 aliphatic heterocycles.